The summed E-state index contributed by atoms with van der Waals surface area (Å²) < 4.78 is 0. The number of hydrogen-bond acceptors (Lipinski definition) is 5. The molecule has 224 valence electrons. The quantitative estimate of drug-likeness (QED) is 0.181. The first-order valence-electron chi connectivity index (χ1n) is 15.9. The molecule has 0 fully saturated rings. The van der Waals surface area contributed by atoms with Gasteiger partial charge in [-0.3, -0.25) is 9.97 Å². The van der Waals surface area contributed by atoms with Crippen LogP contribution in [-0.2, 0) is 0 Å². The summed E-state index contributed by atoms with van der Waals surface area (Å²) in [4.78, 5) is 24.6. The van der Waals surface area contributed by atoms with E-state index in [1.807, 2.05) is 60.7 Å². The van der Waals surface area contributed by atoms with E-state index >= 15 is 0 Å². The molecule has 0 saturated heterocycles. The number of pyridine rings is 5. The van der Waals surface area contributed by atoms with Crippen LogP contribution in [0.3, 0.4) is 0 Å². The molecular weight excluding hydrogens is 587 g/mol. The van der Waals surface area contributed by atoms with Crippen LogP contribution in [0, 0.1) is 0 Å². The van der Waals surface area contributed by atoms with Crippen LogP contribution in [0.15, 0.2) is 164 Å². The van der Waals surface area contributed by atoms with E-state index in [-0.39, 0.29) is 0 Å². The first-order valence-corrected chi connectivity index (χ1v) is 15.9. The lowest BCUT2D eigenvalue weighted by Gasteiger charge is -2.15. The minimum Gasteiger partial charge on any atom is -0.255 e. The Bertz CT molecular complexity index is 2530. The third-order valence-corrected chi connectivity index (χ3v) is 8.76. The molecule has 0 aliphatic rings. The highest BCUT2D eigenvalue weighted by Crippen LogP contribution is 2.39. The Hall–Kier alpha value is -6.59. The van der Waals surface area contributed by atoms with Gasteiger partial charge in [-0.25, -0.2) is 15.0 Å². The maximum atomic E-state index is 5.31. The van der Waals surface area contributed by atoms with Gasteiger partial charge < -0.3 is 0 Å². The zero-order valence-corrected chi connectivity index (χ0v) is 25.8. The maximum absolute atomic E-state index is 5.31. The van der Waals surface area contributed by atoms with Crippen LogP contribution < -0.4 is 0 Å². The van der Waals surface area contributed by atoms with Crippen LogP contribution in [-0.4, -0.2) is 24.9 Å². The van der Waals surface area contributed by atoms with Gasteiger partial charge in [-0.05, 0) is 83.2 Å². The molecule has 4 aromatic carbocycles. The number of nitrogens with zero attached hydrogens (tertiary/aromatic N) is 5. The van der Waals surface area contributed by atoms with Gasteiger partial charge in [-0.1, -0.05) is 84.9 Å². The Kier molecular flexibility index (Phi) is 6.72. The van der Waals surface area contributed by atoms with Gasteiger partial charge >= 0.3 is 0 Å². The topological polar surface area (TPSA) is 64.5 Å². The molecule has 9 rings (SSSR count). The van der Waals surface area contributed by atoms with Crippen molar-refractivity contribution in [1.29, 1.82) is 0 Å². The molecule has 9 aromatic rings. The summed E-state index contributed by atoms with van der Waals surface area (Å²) in [6.07, 6.45) is 3.59. The van der Waals surface area contributed by atoms with Crippen molar-refractivity contribution in [1.82, 2.24) is 24.9 Å². The van der Waals surface area contributed by atoms with Gasteiger partial charge in [-0.2, -0.15) is 0 Å². The SMILES string of the molecule is c1ccc(-c2ccc3c(ccc4c5cc(-c6cc(-c7ccccn7)nc(-c7ccccn7)c6)ccc5nc(-c5ccccc5)c34)n2)cc1. The van der Waals surface area contributed by atoms with Crippen molar-refractivity contribution < 1.29 is 0 Å². The molecule has 5 heterocycles. The lowest BCUT2D eigenvalue weighted by atomic mass is 9.94. The fraction of sp³-hybridized carbons (Fsp3) is 0. The molecule has 0 unspecified atom stereocenters. The summed E-state index contributed by atoms with van der Waals surface area (Å²) >= 11 is 0. The molecule has 48 heavy (non-hydrogen) atoms. The van der Waals surface area contributed by atoms with Gasteiger partial charge in [0.15, 0.2) is 0 Å². The third kappa shape index (κ3) is 4.95. The van der Waals surface area contributed by atoms with Crippen molar-refractivity contribution in [3.05, 3.63) is 164 Å². The Morgan fingerprint density at radius 1 is 0.312 bits per heavy atom. The number of fused-ring (bicyclic) bond motifs is 5. The lowest BCUT2D eigenvalue weighted by Crippen LogP contribution is -1.95. The number of aromatic nitrogens is 5. The van der Waals surface area contributed by atoms with E-state index in [0.29, 0.717) is 0 Å². The van der Waals surface area contributed by atoms with Crippen LogP contribution >= 0.6 is 0 Å². The Morgan fingerprint density at radius 3 is 1.58 bits per heavy atom. The van der Waals surface area contributed by atoms with Crippen LogP contribution in [0.5, 0.6) is 0 Å². The predicted molar refractivity (Wildman–Crippen MR) is 195 cm³/mol. The van der Waals surface area contributed by atoms with Crippen molar-refractivity contribution in [3.63, 3.8) is 0 Å². The van der Waals surface area contributed by atoms with E-state index in [1.54, 1.807) is 12.4 Å². The predicted octanol–water partition coefficient (Wildman–Crippen LogP) is 10.5. The number of benzene rings is 4. The summed E-state index contributed by atoms with van der Waals surface area (Å²) in [5.41, 5.74) is 11.2. The minimum atomic E-state index is 0.794. The normalized spacial score (nSPS) is 11.3. The van der Waals surface area contributed by atoms with Crippen molar-refractivity contribution >= 4 is 32.6 Å². The van der Waals surface area contributed by atoms with Gasteiger partial charge in [0.2, 0.25) is 0 Å². The second-order valence-corrected chi connectivity index (χ2v) is 11.7. The van der Waals surface area contributed by atoms with Gasteiger partial charge in [0.05, 0.1) is 45.2 Å². The van der Waals surface area contributed by atoms with Gasteiger partial charge in [0, 0.05) is 39.7 Å². The fourth-order valence-corrected chi connectivity index (χ4v) is 6.45. The average molecular weight is 614 g/mol. The van der Waals surface area contributed by atoms with E-state index < -0.39 is 0 Å². The highest BCUT2D eigenvalue weighted by molar-refractivity contribution is 6.21. The zero-order chi connectivity index (χ0) is 31.9. The smallest absolute Gasteiger partial charge is 0.0900 e. The second kappa shape index (κ2) is 11.6. The molecule has 0 spiro atoms. The fourth-order valence-electron chi connectivity index (χ4n) is 6.45. The standard InChI is InChI=1S/C43H27N5/c1-3-11-28(12-4-1)35-21-19-33-36(46-35)22-18-32-34-25-30(17-20-37(34)48-43(42(32)33)29-13-5-2-6-14-29)31-26-40(38-15-7-9-23-44-38)47-41(27-31)39-16-8-10-24-45-39/h1-27H. The second-order valence-electron chi connectivity index (χ2n) is 11.7. The average Bonchev–Trinajstić information content (AvgIpc) is 3.18. The lowest BCUT2D eigenvalue weighted by molar-refractivity contribution is 1.22. The monoisotopic (exact) mass is 613 g/mol. The summed E-state index contributed by atoms with van der Waals surface area (Å²) in [5, 5.41) is 4.37. The first-order chi connectivity index (χ1) is 23.8. The molecular formula is C43H27N5. The van der Waals surface area contributed by atoms with Crippen LogP contribution in [0.2, 0.25) is 0 Å². The molecule has 5 heteroatoms. The largest absolute Gasteiger partial charge is 0.255 e. The minimum absolute atomic E-state index is 0.794. The van der Waals surface area contributed by atoms with Gasteiger partial charge in [0.25, 0.3) is 0 Å². The summed E-state index contributed by atoms with van der Waals surface area (Å²) in [6, 6.07) is 51.9. The maximum Gasteiger partial charge on any atom is 0.0900 e. The van der Waals surface area contributed by atoms with E-state index in [4.69, 9.17) is 15.0 Å². The Balaban J connectivity index is 1.29. The van der Waals surface area contributed by atoms with Crippen molar-refractivity contribution in [2.45, 2.75) is 0 Å². The molecule has 0 aliphatic heterocycles. The Labute approximate surface area is 277 Å². The zero-order valence-electron chi connectivity index (χ0n) is 25.8. The molecule has 0 saturated carbocycles. The van der Waals surface area contributed by atoms with Gasteiger partial charge in [-0.15, -0.1) is 0 Å². The van der Waals surface area contributed by atoms with E-state index in [0.717, 1.165) is 89.0 Å². The molecule has 0 atom stereocenters. The van der Waals surface area contributed by atoms with E-state index in [9.17, 15) is 0 Å². The molecule has 0 amide bonds. The highest BCUT2D eigenvalue weighted by atomic mass is 14.8. The van der Waals surface area contributed by atoms with Crippen molar-refractivity contribution in [2.75, 3.05) is 0 Å². The molecule has 0 radical (unpaired) electrons. The molecule has 0 N–H and O–H groups in total. The summed E-state index contributed by atoms with van der Waals surface area (Å²) in [7, 11) is 0. The van der Waals surface area contributed by atoms with Crippen molar-refractivity contribution in [3.8, 4) is 56.4 Å². The number of rotatable bonds is 5. The van der Waals surface area contributed by atoms with E-state index in [1.165, 1.54) is 0 Å². The molecule has 5 nitrogen and oxygen atoms in total. The van der Waals surface area contributed by atoms with Crippen molar-refractivity contribution in [2.24, 2.45) is 0 Å². The van der Waals surface area contributed by atoms with Crippen LogP contribution in [0.1, 0.15) is 0 Å². The van der Waals surface area contributed by atoms with Gasteiger partial charge in [0.1, 0.15) is 0 Å². The number of hydrogen-bond donors (Lipinski definition) is 0. The first kappa shape index (κ1) is 27.7. The highest BCUT2D eigenvalue weighted by Gasteiger charge is 2.17. The Morgan fingerprint density at radius 2 is 0.917 bits per heavy atom. The summed E-state index contributed by atoms with van der Waals surface area (Å²) in [5.74, 6) is 0. The van der Waals surface area contributed by atoms with Crippen LogP contribution in [0.4, 0.5) is 0 Å². The van der Waals surface area contributed by atoms with E-state index in [2.05, 4.69) is 101 Å². The molecule has 0 bridgehead atoms. The molecule has 5 aromatic heterocycles. The van der Waals surface area contributed by atoms with Crippen LogP contribution in [0.25, 0.3) is 89.0 Å². The molecule has 0 aliphatic carbocycles. The summed E-state index contributed by atoms with van der Waals surface area (Å²) in [6.45, 7) is 0. The third-order valence-electron chi connectivity index (χ3n) is 8.76.